The van der Waals surface area contributed by atoms with E-state index in [1.165, 1.54) is 0 Å². The zero-order valence-corrected chi connectivity index (χ0v) is 11.4. The lowest BCUT2D eigenvalue weighted by atomic mass is 10.2. The lowest BCUT2D eigenvalue weighted by Gasteiger charge is -2.02. The number of nitrogens with two attached hydrogens (primary N) is 1. The zero-order chi connectivity index (χ0) is 13.9. The van der Waals surface area contributed by atoms with Crippen molar-refractivity contribution < 1.29 is 9.15 Å². The lowest BCUT2D eigenvalue weighted by molar-refractivity contribution is 0.267. The van der Waals surface area contributed by atoms with Gasteiger partial charge < -0.3 is 14.9 Å². The molecule has 0 aliphatic carbocycles. The van der Waals surface area contributed by atoms with Gasteiger partial charge in [-0.1, -0.05) is 17.7 Å². The second kappa shape index (κ2) is 5.53. The molecule has 0 atom stereocenters. The molecule has 4 nitrogen and oxygen atoms in total. The first-order valence-electron chi connectivity index (χ1n) is 6.21. The molecule has 0 amide bonds. The Morgan fingerprint density at radius 3 is 2.70 bits per heavy atom. The lowest BCUT2D eigenvalue weighted by Crippen LogP contribution is -1.95. The Kier molecular flexibility index (Phi) is 3.58. The van der Waals surface area contributed by atoms with Crippen LogP contribution in [0.4, 0.5) is 0 Å². The van der Waals surface area contributed by atoms with Crippen LogP contribution in [0.15, 0.2) is 46.9 Å². The molecule has 0 unspecified atom stereocenters. The summed E-state index contributed by atoms with van der Waals surface area (Å²) in [5, 5.41) is 0.675. The molecule has 0 spiro atoms. The number of rotatable bonds is 4. The molecule has 0 saturated carbocycles. The second-order valence-electron chi connectivity index (χ2n) is 4.36. The molecule has 5 heteroatoms. The highest BCUT2D eigenvalue weighted by molar-refractivity contribution is 6.30. The first-order chi connectivity index (χ1) is 9.74. The Hall–Kier alpha value is -2.04. The second-order valence-corrected chi connectivity index (χ2v) is 4.79. The van der Waals surface area contributed by atoms with Crippen LogP contribution in [0.25, 0.3) is 11.1 Å². The van der Waals surface area contributed by atoms with Crippen LogP contribution in [0.3, 0.4) is 0 Å². The quantitative estimate of drug-likeness (QED) is 0.798. The van der Waals surface area contributed by atoms with E-state index >= 15 is 0 Å². The van der Waals surface area contributed by atoms with Gasteiger partial charge in [-0.3, -0.25) is 0 Å². The molecule has 3 rings (SSSR count). The molecule has 0 aliphatic heterocycles. The van der Waals surface area contributed by atoms with Gasteiger partial charge in [0, 0.05) is 11.6 Å². The first kappa shape index (κ1) is 13.0. The number of hydrogen-bond donors (Lipinski definition) is 1. The van der Waals surface area contributed by atoms with Gasteiger partial charge in [0.1, 0.15) is 11.3 Å². The molecule has 0 aliphatic rings. The van der Waals surface area contributed by atoms with Crippen LogP contribution in [0.5, 0.6) is 5.75 Å². The van der Waals surface area contributed by atoms with Gasteiger partial charge in [-0.15, -0.1) is 0 Å². The molecule has 102 valence electrons. The van der Waals surface area contributed by atoms with Crippen LogP contribution < -0.4 is 10.5 Å². The standard InChI is InChI=1S/C15H13ClN2O2/c16-11-2-4-12(5-3-11)19-9-15-18-13-6-1-10(8-17)7-14(13)20-15/h1-7H,8-9,17H2. The Bertz CT molecular complexity index is 722. The summed E-state index contributed by atoms with van der Waals surface area (Å²) in [4.78, 5) is 4.36. The minimum Gasteiger partial charge on any atom is -0.484 e. The van der Waals surface area contributed by atoms with Gasteiger partial charge in [0.2, 0.25) is 5.89 Å². The predicted octanol–water partition coefficient (Wildman–Crippen LogP) is 3.52. The number of oxazole rings is 1. The van der Waals surface area contributed by atoms with Crippen molar-refractivity contribution in [2.45, 2.75) is 13.2 Å². The van der Waals surface area contributed by atoms with Crippen LogP contribution in [0.2, 0.25) is 5.02 Å². The Balaban J connectivity index is 1.75. The third-order valence-corrected chi connectivity index (χ3v) is 3.16. The van der Waals surface area contributed by atoms with Gasteiger partial charge in [0.25, 0.3) is 0 Å². The van der Waals surface area contributed by atoms with E-state index in [1.807, 2.05) is 18.2 Å². The molecular weight excluding hydrogens is 276 g/mol. The van der Waals surface area contributed by atoms with Crippen molar-refractivity contribution in [1.82, 2.24) is 4.98 Å². The monoisotopic (exact) mass is 288 g/mol. The average molecular weight is 289 g/mol. The highest BCUT2D eigenvalue weighted by Crippen LogP contribution is 2.20. The minimum atomic E-state index is 0.272. The van der Waals surface area contributed by atoms with Crippen LogP contribution in [-0.4, -0.2) is 4.98 Å². The largest absolute Gasteiger partial charge is 0.484 e. The van der Waals surface area contributed by atoms with Crippen LogP contribution >= 0.6 is 11.6 Å². The van der Waals surface area contributed by atoms with Crippen molar-refractivity contribution in [3.8, 4) is 5.75 Å². The van der Waals surface area contributed by atoms with Gasteiger partial charge in [-0.05, 0) is 42.0 Å². The third kappa shape index (κ3) is 2.76. The zero-order valence-electron chi connectivity index (χ0n) is 10.7. The number of fused-ring (bicyclic) bond motifs is 1. The number of benzene rings is 2. The first-order valence-corrected chi connectivity index (χ1v) is 6.59. The van der Waals surface area contributed by atoms with Crippen LogP contribution in [-0.2, 0) is 13.2 Å². The number of ether oxygens (including phenoxy) is 1. The molecule has 1 heterocycles. The molecule has 1 aromatic heterocycles. The smallest absolute Gasteiger partial charge is 0.233 e. The Morgan fingerprint density at radius 1 is 1.15 bits per heavy atom. The summed E-state index contributed by atoms with van der Waals surface area (Å²) in [6.07, 6.45) is 0. The maximum Gasteiger partial charge on any atom is 0.233 e. The fourth-order valence-electron chi connectivity index (χ4n) is 1.88. The summed E-state index contributed by atoms with van der Waals surface area (Å²) in [6, 6.07) is 12.9. The summed E-state index contributed by atoms with van der Waals surface area (Å²) >= 11 is 5.81. The van der Waals surface area contributed by atoms with E-state index in [1.54, 1.807) is 24.3 Å². The third-order valence-electron chi connectivity index (χ3n) is 2.91. The van der Waals surface area contributed by atoms with Crippen molar-refractivity contribution >= 4 is 22.7 Å². The van der Waals surface area contributed by atoms with Crippen molar-refractivity contribution in [2.24, 2.45) is 5.73 Å². The summed E-state index contributed by atoms with van der Waals surface area (Å²) < 4.78 is 11.2. The van der Waals surface area contributed by atoms with Gasteiger partial charge in [-0.2, -0.15) is 0 Å². The van der Waals surface area contributed by atoms with Crippen molar-refractivity contribution in [2.75, 3.05) is 0 Å². The van der Waals surface area contributed by atoms with Crippen molar-refractivity contribution in [3.63, 3.8) is 0 Å². The normalized spacial score (nSPS) is 10.9. The van der Waals surface area contributed by atoms with E-state index in [-0.39, 0.29) is 6.61 Å². The molecule has 20 heavy (non-hydrogen) atoms. The van der Waals surface area contributed by atoms with Gasteiger partial charge >= 0.3 is 0 Å². The number of nitrogens with zero attached hydrogens (tertiary/aromatic N) is 1. The summed E-state index contributed by atoms with van der Waals surface area (Å²) in [6.45, 7) is 0.752. The molecule has 2 aromatic carbocycles. The topological polar surface area (TPSA) is 61.3 Å². The van der Waals surface area contributed by atoms with Crippen molar-refractivity contribution in [3.05, 3.63) is 58.9 Å². The summed E-state index contributed by atoms with van der Waals surface area (Å²) in [7, 11) is 0. The van der Waals surface area contributed by atoms with Crippen LogP contribution in [0, 0.1) is 0 Å². The van der Waals surface area contributed by atoms with E-state index in [9.17, 15) is 0 Å². The molecule has 0 saturated heterocycles. The van der Waals surface area contributed by atoms with E-state index in [2.05, 4.69) is 4.98 Å². The van der Waals surface area contributed by atoms with Gasteiger partial charge in [0.15, 0.2) is 12.2 Å². The van der Waals surface area contributed by atoms with E-state index < -0.39 is 0 Å². The number of halogens is 1. The molecule has 0 radical (unpaired) electrons. The summed E-state index contributed by atoms with van der Waals surface area (Å²) in [5.41, 5.74) is 8.14. The molecule has 2 N–H and O–H groups in total. The Labute approximate surface area is 121 Å². The maximum atomic E-state index is 5.81. The minimum absolute atomic E-state index is 0.272. The Morgan fingerprint density at radius 2 is 1.95 bits per heavy atom. The highest BCUT2D eigenvalue weighted by atomic mass is 35.5. The number of hydrogen-bond acceptors (Lipinski definition) is 4. The SMILES string of the molecule is NCc1ccc2nc(COc3ccc(Cl)cc3)oc2c1. The average Bonchev–Trinajstić information content (AvgIpc) is 2.88. The van der Waals surface area contributed by atoms with E-state index in [0.29, 0.717) is 17.5 Å². The molecule has 0 bridgehead atoms. The van der Waals surface area contributed by atoms with Gasteiger partial charge in [-0.25, -0.2) is 4.98 Å². The molecule has 3 aromatic rings. The van der Waals surface area contributed by atoms with Crippen molar-refractivity contribution in [1.29, 1.82) is 0 Å². The number of aromatic nitrogens is 1. The van der Waals surface area contributed by atoms with Crippen LogP contribution in [0.1, 0.15) is 11.5 Å². The molecule has 0 fully saturated rings. The highest BCUT2D eigenvalue weighted by Gasteiger charge is 2.07. The fourth-order valence-corrected chi connectivity index (χ4v) is 2.01. The van der Waals surface area contributed by atoms with E-state index in [0.717, 1.165) is 22.4 Å². The predicted molar refractivity (Wildman–Crippen MR) is 77.7 cm³/mol. The fraction of sp³-hybridized carbons (Fsp3) is 0.133. The molecular formula is C15H13ClN2O2. The van der Waals surface area contributed by atoms with Gasteiger partial charge in [0.05, 0.1) is 0 Å². The maximum absolute atomic E-state index is 5.81. The summed E-state index contributed by atoms with van der Waals surface area (Å²) in [5.74, 6) is 1.25. The van der Waals surface area contributed by atoms with E-state index in [4.69, 9.17) is 26.5 Å².